The second-order valence-corrected chi connectivity index (χ2v) is 7.41. The number of hydrogen-bond donors (Lipinski definition) is 2. The number of halogens is 1. The molecule has 1 aliphatic carbocycles. The van der Waals surface area contributed by atoms with Crippen LogP contribution in [0.15, 0.2) is 12.1 Å². The highest BCUT2D eigenvalue weighted by molar-refractivity contribution is 7.11. The number of thiophene rings is 1. The largest absolute Gasteiger partial charge is 0.378 e. The zero-order valence-corrected chi connectivity index (χ0v) is 14.7. The van der Waals surface area contributed by atoms with E-state index in [1.165, 1.54) is 4.88 Å². The fraction of sp³-hybridized carbons (Fsp3) is 0.667. The molecule has 21 heavy (non-hydrogen) atoms. The van der Waals surface area contributed by atoms with Crippen molar-refractivity contribution in [2.24, 2.45) is 11.1 Å². The molecule has 1 amide bonds. The van der Waals surface area contributed by atoms with Crippen molar-refractivity contribution in [1.82, 2.24) is 5.32 Å². The molecular weight excluding hydrogens is 308 g/mol. The van der Waals surface area contributed by atoms with E-state index in [1.807, 2.05) is 26.8 Å². The van der Waals surface area contributed by atoms with E-state index in [0.29, 0.717) is 19.6 Å². The van der Waals surface area contributed by atoms with Crippen molar-refractivity contribution in [1.29, 1.82) is 0 Å². The van der Waals surface area contributed by atoms with Crippen LogP contribution < -0.4 is 11.1 Å². The molecule has 2 rings (SSSR count). The van der Waals surface area contributed by atoms with Gasteiger partial charge in [-0.3, -0.25) is 4.79 Å². The van der Waals surface area contributed by atoms with Gasteiger partial charge in [0.1, 0.15) is 5.54 Å². The number of ether oxygens (including phenoxy) is 1. The Balaban J connectivity index is 0.00000220. The number of aryl methyl sites for hydroxylation is 1. The quantitative estimate of drug-likeness (QED) is 0.871. The lowest BCUT2D eigenvalue weighted by molar-refractivity contribution is -0.170. The molecule has 0 aromatic carbocycles. The summed E-state index contributed by atoms with van der Waals surface area (Å²) in [6.45, 7) is 9.23. The minimum Gasteiger partial charge on any atom is -0.378 e. The van der Waals surface area contributed by atoms with Gasteiger partial charge in [-0.1, -0.05) is 13.8 Å². The van der Waals surface area contributed by atoms with E-state index in [9.17, 15) is 4.79 Å². The standard InChI is InChI=1S/C15H24N2O2S.ClH/c1-5-19-12-8-15(16,14(12,3)4)13(18)17-9-11-7-6-10(2)20-11;/h6-7,12H,5,8-9,16H2,1-4H3,(H,17,18);1H. The lowest BCUT2D eigenvalue weighted by Crippen LogP contribution is -2.75. The molecule has 1 fully saturated rings. The first-order chi connectivity index (χ1) is 9.31. The van der Waals surface area contributed by atoms with E-state index in [1.54, 1.807) is 11.3 Å². The molecule has 1 saturated carbocycles. The molecular formula is C15H25ClN2O2S. The molecule has 1 heterocycles. The highest BCUT2D eigenvalue weighted by Crippen LogP contribution is 2.49. The zero-order valence-electron chi connectivity index (χ0n) is 13.1. The molecule has 0 saturated heterocycles. The first-order valence-corrected chi connectivity index (χ1v) is 7.87. The minimum atomic E-state index is -0.834. The fourth-order valence-corrected chi connectivity index (χ4v) is 3.56. The maximum atomic E-state index is 12.4. The third-order valence-corrected chi connectivity index (χ3v) is 5.45. The number of nitrogens with two attached hydrogens (primary N) is 1. The second kappa shape index (κ2) is 6.65. The summed E-state index contributed by atoms with van der Waals surface area (Å²) >= 11 is 1.69. The monoisotopic (exact) mass is 332 g/mol. The van der Waals surface area contributed by atoms with Crippen molar-refractivity contribution in [2.75, 3.05) is 6.61 Å². The average Bonchev–Trinajstić information content (AvgIpc) is 2.81. The molecule has 0 aliphatic heterocycles. The van der Waals surface area contributed by atoms with Crippen LogP contribution in [-0.4, -0.2) is 24.2 Å². The van der Waals surface area contributed by atoms with Crippen LogP contribution in [-0.2, 0) is 16.1 Å². The summed E-state index contributed by atoms with van der Waals surface area (Å²) in [4.78, 5) is 14.8. The van der Waals surface area contributed by atoms with Gasteiger partial charge in [-0.25, -0.2) is 0 Å². The molecule has 1 aromatic rings. The third kappa shape index (κ3) is 3.26. The molecule has 1 aliphatic rings. The number of carbonyl (C=O) groups is 1. The van der Waals surface area contributed by atoms with Crippen molar-refractivity contribution in [3.63, 3.8) is 0 Å². The number of carbonyl (C=O) groups excluding carboxylic acids is 1. The molecule has 120 valence electrons. The Hall–Kier alpha value is -0.620. The summed E-state index contributed by atoms with van der Waals surface area (Å²) in [5.74, 6) is -0.0792. The Morgan fingerprint density at radius 1 is 1.52 bits per heavy atom. The Morgan fingerprint density at radius 3 is 2.67 bits per heavy atom. The van der Waals surface area contributed by atoms with Crippen molar-refractivity contribution < 1.29 is 9.53 Å². The van der Waals surface area contributed by atoms with Crippen LogP contribution in [0.25, 0.3) is 0 Å². The number of amides is 1. The van der Waals surface area contributed by atoms with Crippen molar-refractivity contribution in [3.8, 4) is 0 Å². The van der Waals surface area contributed by atoms with E-state index in [2.05, 4.69) is 18.3 Å². The molecule has 0 bridgehead atoms. The van der Waals surface area contributed by atoms with Gasteiger partial charge in [0.25, 0.3) is 0 Å². The smallest absolute Gasteiger partial charge is 0.241 e. The Kier molecular flexibility index (Phi) is 5.83. The third-order valence-electron chi connectivity index (χ3n) is 4.45. The van der Waals surface area contributed by atoms with Crippen LogP contribution in [0, 0.1) is 12.3 Å². The first-order valence-electron chi connectivity index (χ1n) is 7.05. The highest BCUT2D eigenvalue weighted by Gasteiger charge is 2.62. The van der Waals surface area contributed by atoms with Crippen LogP contribution in [0.3, 0.4) is 0 Å². The summed E-state index contributed by atoms with van der Waals surface area (Å²) in [6.07, 6.45) is 0.649. The van der Waals surface area contributed by atoms with E-state index in [4.69, 9.17) is 10.5 Å². The average molecular weight is 333 g/mol. The van der Waals surface area contributed by atoms with Crippen molar-refractivity contribution >= 4 is 29.7 Å². The van der Waals surface area contributed by atoms with Gasteiger partial charge in [-0.2, -0.15) is 0 Å². The van der Waals surface area contributed by atoms with E-state index < -0.39 is 5.54 Å². The lowest BCUT2D eigenvalue weighted by atomic mass is 9.54. The Morgan fingerprint density at radius 2 is 2.19 bits per heavy atom. The van der Waals surface area contributed by atoms with Crippen LogP contribution in [0.1, 0.15) is 36.9 Å². The van der Waals surface area contributed by atoms with Gasteiger partial charge in [-0.15, -0.1) is 23.7 Å². The molecule has 2 unspecified atom stereocenters. The summed E-state index contributed by atoms with van der Waals surface area (Å²) < 4.78 is 5.65. The summed E-state index contributed by atoms with van der Waals surface area (Å²) in [6, 6.07) is 4.10. The zero-order chi connectivity index (χ0) is 15.0. The molecule has 0 spiro atoms. The summed E-state index contributed by atoms with van der Waals surface area (Å²) in [5, 5.41) is 2.96. The minimum absolute atomic E-state index is 0. The summed E-state index contributed by atoms with van der Waals surface area (Å²) in [5.41, 5.74) is 5.16. The van der Waals surface area contributed by atoms with Crippen LogP contribution in [0.4, 0.5) is 0 Å². The second-order valence-electron chi connectivity index (χ2n) is 6.04. The predicted octanol–water partition coefficient (Wildman–Crippen LogP) is 2.63. The van der Waals surface area contributed by atoms with Crippen molar-refractivity contribution in [3.05, 3.63) is 21.9 Å². The number of hydrogen-bond acceptors (Lipinski definition) is 4. The molecule has 1 aromatic heterocycles. The molecule has 6 heteroatoms. The fourth-order valence-electron chi connectivity index (χ4n) is 2.73. The van der Waals surface area contributed by atoms with Gasteiger partial charge in [0, 0.05) is 28.2 Å². The van der Waals surface area contributed by atoms with Gasteiger partial charge in [0.15, 0.2) is 0 Å². The molecule has 3 N–H and O–H groups in total. The van der Waals surface area contributed by atoms with Crippen LogP contribution in [0.5, 0.6) is 0 Å². The summed E-state index contributed by atoms with van der Waals surface area (Å²) in [7, 11) is 0. The maximum Gasteiger partial charge on any atom is 0.241 e. The van der Waals surface area contributed by atoms with E-state index in [0.717, 1.165) is 4.88 Å². The SMILES string of the molecule is CCOC1CC(N)(C(=O)NCc2ccc(C)s2)C1(C)C.Cl. The van der Waals surface area contributed by atoms with Gasteiger partial charge in [0.05, 0.1) is 12.6 Å². The topological polar surface area (TPSA) is 64.3 Å². The Labute approximate surface area is 136 Å². The van der Waals surface area contributed by atoms with Gasteiger partial charge >= 0.3 is 0 Å². The highest BCUT2D eigenvalue weighted by atomic mass is 35.5. The first kappa shape index (κ1) is 18.4. The van der Waals surface area contributed by atoms with Gasteiger partial charge < -0.3 is 15.8 Å². The molecule has 0 radical (unpaired) electrons. The van der Waals surface area contributed by atoms with E-state index >= 15 is 0 Å². The molecule has 2 atom stereocenters. The maximum absolute atomic E-state index is 12.4. The van der Waals surface area contributed by atoms with E-state index in [-0.39, 0.29) is 29.8 Å². The number of nitrogens with one attached hydrogen (secondary N) is 1. The predicted molar refractivity (Wildman–Crippen MR) is 88.9 cm³/mol. The van der Waals surface area contributed by atoms with Gasteiger partial charge in [0.2, 0.25) is 5.91 Å². The van der Waals surface area contributed by atoms with Crippen LogP contribution in [0.2, 0.25) is 0 Å². The van der Waals surface area contributed by atoms with Gasteiger partial charge in [-0.05, 0) is 26.0 Å². The molecule has 4 nitrogen and oxygen atoms in total. The lowest BCUT2D eigenvalue weighted by Gasteiger charge is -2.57. The van der Waals surface area contributed by atoms with Crippen molar-refractivity contribution in [2.45, 2.75) is 52.3 Å². The van der Waals surface area contributed by atoms with Crippen LogP contribution >= 0.6 is 23.7 Å². The normalized spacial score (nSPS) is 26.6. The Bertz CT molecular complexity index is 504. The number of rotatable bonds is 5.